The molecule has 3 N–H and O–H groups in total. The highest BCUT2D eigenvalue weighted by molar-refractivity contribution is 6.34. The van der Waals surface area contributed by atoms with Crippen molar-refractivity contribution < 1.29 is 15.0 Å². The summed E-state index contributed by atoms with van der Waals surface area (Å²) in [6.45, 7) is 0. The fourth-order valence-corrected chi connectivity index (χ4v) is 1.63. The van der Waals surface area contributed by atoms with Crippen molar-refractivity contribution in [2.24, 2.45) is 0 Å². The molecule has 2 rings (SSSR count). The van der Waals surface area contributed by atoms with E-state index in [1.165, 1.54) is 30.3 Å². The van der Waals surface area contributed by atoms with Gasteiger partial charge in [-0.25, -0.2) is 0 Å². The van der Waals surface area contributed by atoms with E-state index < -0.39 is 5.91 Å². The van der Waals surface area contributed by atoms with Crippen LogP contribution in [0.3, 0.4) is 0 Å². The number of aromatic hydroxyl groups is 2. The normalized spacial score (nSPS) is 10.1. The SMILES string of the molecule is O=C(Nc1ccc(O)cc1)c1cc(O)ccc1Cl. The second-order valence-electron chi connectivity index (χ2n) is 3.67. The van der Waals surface area contributed by atoms with Crippen LogP contribution in [0.1, 0.15) is 10.4 Å². The molecule has 2 aromatic carbocycles. The summed E-state index contributed by atoms with van der Waals surface area (Å²) in [5.74, 6) is -0.347. The van der Waals surface area contributed by atoms with Crippen LogP contribution in [0.25, 0.3) is 0 Å². The summed E-state index contributed by atoms with van der Waals surface area (Å²) in [7, 11) is 0. The molecule has 0 aromatic heterocycles. The van der Waals surface area contributed by atoms with Crippen LogP contribution in [-0.2, 0) is 0 Å². The predicted octanol–water partition coefficient (Wildman–Crippen LogP) is 3.00. The number of nitrogens with one attached hydrogen (secondary N) is 1. The van der Waals surface area contributed by atoms with E-state index in [1.807, 2.05) is 0 Å². The van der Waals surface area contributed by atoms with Gasteiger partial charge in [-0.05, 0) is 42.5 Å². The Balaban J connectivity index is 2.21. The molecule has 0 unspecified atom stereocenters. The Morgan fingerprint density at radius 2 is 1.61 bits per heavy atom. The van der Waals surface area contributed by atoms with Crippen molar-refractivity contribution in [1.82, 2.24) is 0 Å². The molecule has 4 nitrogen and oxygen atoms in total. The second kappa shape index (κ2) is 4.98. The lowest BCUT2D eigenvalue weighted by molar-refractivity contribution is 0.102. The lowest BCUT2D eigenvalue weighted by atomic mass is 10.2. The van der Waals surface area contributed by atoms with E-state index in [2.05, 4.69) is 5.32 Å². The first-order chi connectivity index (χ1) is 8.56. The zero-order chi connectivity index (χ0) is 13.1. The van der Waals surface area contributed by atoms with Gasteiger partial charge >= 0.3 is 0 Å². The van der Waals surface area contributed by atoms with Gasteiger partial charge in [0, 0.05) is 5.69 Å². The molecule has 0 saturated carbocycles. The highest BCUT2D eigenvalue weighted by Gasteiger charge is 2.11. The van der Waals surface area contributed by atoms with E-state index in [-0.39, 0.29) is 22.1 Å². The van der Waals surface area contributed by atoms with Crippen LogP contribution in [-0.4, -0.2) is 16.1 Å². The van der Waals surface area contributed by atoms with E-state index in [0.29, 0.717) is 5.69 Å². The molecule has 18 heavy (non-hydrogen) atoms. The van der Waals surface area contributed by atoms with Gasteiger partial charge in [-0.15, -0.1) is 0 Å². The minimum Gasteiger partial charge on any atom is -0.508 e. The van der Waals surface area contributed by atoms with Crippen LogP contribution in [0.5, 0.6) is 11.5 Å². The van der Waals surface area contributed by atoms with Gasteiger partial charge in [0.1, 0.15) is 11.5 Å². The Morgan fingerprint density at radius 3 is 2.28 bits per heavy atom. The van der Waals surface area contributed by atoms with Crippen LogP contribution in [0.4, 0.5) is 5.69 Å². The van der Waals surface area contributed by atoms with Crippen LogP contribution in [0.2, 0.25) is 5.02 Å². The van der Waals surface area contributed by atoms with Gasteiger partial charge in [0.25, 0.3) is 5.91 Å². The second-order valence-corrected chi connectivity index (χ2v) is 4.07. The topological polar surface area (TPSA) is 69.6 Å². The van der Waals surface area contributed by atoms with E-state index in [1.54, 1.807) is 12.1 Å². The van der Waals surface area contributed by atoms with Crippen LogP contribution < -0.4 is 5.32 Å². The fraction of sp³-hybridized carbons (Fsp3) is 0. The average Bonchev–Trinajstić information content (AvgIpc) is 2.35. The molecule has 0 fully saturated rings. The first-order valence-electron chi connectivity index (χ1n) is 5.15. The standard InChI is InChI=1S/C13H10ClNO3/c14-12-6-5-10(17)7-11(12)13(18)15-8-1-3-9(16)4-2-8/h1-7,16-17H,(H,15,18). The molecular weight excluding hydrogens is 254 g/mol. The Morgan fingerprint density at radius 1 is 1.00 bits per heavy atom. The maximum absolute atomic E-state index is 11.9. The number of anilines is 1. The molecule has 0 radical (unpaired) electrons. The van der Waals surface area contributed by atoms with Crippen molar-refractivity contribution in [3.63, 3.8) is 0 Å². The molecule has 0 spiro atoms. The molecule has 0 aliphatic carbocycles. The van der Waals surface area contributed by atoms with Crippen molar-refractivity contribution in [2.45, 2.75) is 0 Å². The van der Waals surface area contributed by atoms with E-state index >= 15 is 0 Å². The number of hydrogen-bond acceptors (Lipinski definition) is 3. The van der Waals surface area contributed by atoms with Crippen molar-refractivity contribution >= 4 is 23.2 Å². The zero-order valence-electron chi connectivity index (χ0n) is 9.22. The van der Waals surface area contributed by atoms with Gasteiger partial charge in [-0.1, -0.05) is 11.6 Å². The highest BCUT2D eigenvalue weighted by atomic mass is 35.5. The van der Waals surface area contributed by atoms with Crippen molar-refractivity contribution in [1.29, 1.82) is 0 Å². The monoisotopic (exact) mass is 263 g/mol. The number of carbonyl (C=O) groups is 1. The number of phenolic OH excluding ortho intramolecular Hbond substituents is 2. The number of phenols is 2. The summed E-state index contributed by atoms with van der Waals surface area (Å²) in [5, 5.41) is 21.3. The number of carbonyl (C=O) groups excluding carboxylic acids is 1. The first kappa shape index (κ1) is 12.3. The molecule has 1 amide bonds. The molecule has 0 heterocycles. The summed E-state index contributed by atoms with van der Waals surface area (Å²) < 4.78 is 0. The maximum atomic E-state index is 11.9. The van der Waals surface area contributed by atoms with E-state index in [0.717, 1.165) is 0 Å². The molecule has 0 atom stereocenters. The number of halogens is 1. The summed E-state index contributed by atoms with van der Waals surface area (Å²) in [6, 6.07) is 10.2. The summed E-state index contributed by atoms with van der Waals surface area (Å²) >= 11 is 5.87. The Labute approximate surface area is 108 Å². The van der Waals surface area contributed by atoms with Crippen molar-refractivity contribution in [3.05, 3.63) is 53.1 Å². The zero-order valence-corrected chi connectivity index (χ0v) is 9.98. The lowest BCUT2D eigenvalue weighted by Crippen LogP contribution is -2.12. The maximum Gasteiger partial charge on any atom is 0.257 e. The van der Waals surface area contributed by atoms with Gasteiger partial charge < -0.3 is 15.5 Å². The van der Waals surface area contributed by atoms with E-state index in [9.17, 15) is 9.90 Å². The molecule has 2 aromatic rings. The highest BCUT2D eigenvalue weighted by Crippen LogP contribution is 2.22. The van der Waals surface area contributed by atoms with E-state index in [4.69, 9.17) is 16.7 Å². The molecule has 0 aliphatic heterocycles. The van der Waals surface area contributed by atoms with Gasteiger partial charge in [0.15, 0.2) is 0 Å². The largest absolute Gasteiger partial charge is 0.508 e. The molecule has 92 valence electrons. The molecule has 5 heteroatoms. The number of rotatable bonds is 2. The minimum absolute atomic E-state index is 0.0322. The number of amides is 1. The third-order valence-electron chi connectivity index (χ3n) is 2.32. The van der Waals surface area contributed by atoms with Crippen LogP contribution in [0, 0.1) is 0 Å². The van der Waals surface area contributed by atoms with Gasteiger partial charge in [-0.3, -0.25) is 4.79 Å². The van der Waals surface area contributed by atoms with Crippen molar-refractivity contribution in [2.75, 3.05) is 5.32 Å². The Kier molecular flexibility index (Phi) is 3.39. The average molecular weight is 264 g/mol. The number of benzene rings is 2. The first-order valence-corrected chi connectivity index (χ1v) is 5.53. The smallest absolute Gasteiger partial charge is 0.257 e. The van der Waals surface area contributed by atoms with Crippen LogP contribution >= 0.6 is 11.6 Å². The fourth-order valence-electron chi connectivity index (χ4n) is 1.43. The number of hydrogen-bond donors (Lipinski definition) is 3. The molecular formula is C13H10ClNO3. The summed E-state index contributed by atoms with van der Waals surface area (Å²) in [4.78, 5) is 11.9. The van der Waals surface area contributed by atoms with Gasteiger partial charge in [0.2, 0.25) is 0 Å². The lowest BCUT2D eigenvalue weighted by Gasteiger charge is -2.07. The van der Waals surface area contributed by atoms with Gasteiger partial charge in [0.05, 0.1) is 10.6 Å². The summed E-state index contributed by atoms with van der Waals surface area (Å²) in [5.41, 5.74) is 0.710. The van der Waals surface area contributed by atoms with Gasteiger partial charge in [-0.2, -0.15) is 0 Å². The molecule has 0 bridgehead atoms. The summed E-state index contributed by atoms with van der Waals surface area (Å²) in [6.07, 6.45) is 0. The molecule has 0 aliphatic rings. The third kappa shape index (κ3) is 2.73. The minimum atomic E-state index is -0.429. The Hall–Kier alpha value is -2.20. The quantitative estimate of drug-likeness (QED) is 0.730. The van der Waals surface area contributed by atoms with Crippen molar-refractivity contribution in [3.8, 4) is 11.5 Å². The predicted molar refractivity (Wildman–Crippen MR) is 69.2 cm³/mol. The Bertz CT molecular complexity index is 581. The van der Waals surface area contributed by atoms with Crippen LogP contribution in [0.15, 0.2) is 42.5 Å². The third-order valence-corrected chi connectivity index (χ3v) is 2.65. The molecule has 0 saturated heterocycles.